The molecule has 0 N–H and O–H groups in total. The Morgan fingerprint density at radius 3 is 2.85 bits per heavy atom. The van der Waals surface area contributed by atoms with Crippen molar-refractivity contribution in [3.63, 3.8) is 0 Å². The number of nitrogens with zero attached hydrogens (tertiary/aromatic N) is 3. The Hall–Kier alpha value is -2.77. The van der Waals surface area contributed by atoms with E-state index < -0.39 is 23.4 Å². The summed E-state index contributed by atoms with van der Waals surface area (Å²) in [5, 5.41) is 4.04. The lowest BCUT2D eigenvalue weighted by molar-refractivity contribution is -0.145. The van der Waals surface area contributed by atoms with Gasteiger partial charge < -0.3 is 9.47 Å². The molecule has 1 aliphatic rings. The summed E-state index contributed by atoms with van der Waals surface area (Å²) < 4.78 is 24.8. The van der Waals surface area contributed by atoms with E-state index in [0.717, 1.165) is 36.4 Å². The van der Waals surface area contributed by atoms with E-state index in [1.54, 1.807) is 0 Å². The number of rotatable bonds is 6. The van der Waals surface area contributed by atoms with Gasteiger partial charge in [-0.1, -0.05) is 25.7 Å². The number of pyridine rings is 1. The molecule has 0 amide bonds. The Bertz CT molecular complexity index is 833. The van der Waals surface area contributed by atoms with E-state index in [1.807, 2.05) is 0 Å². The van der Waals surface area contributed by atoms with Crippen LogP contribution in [0.1, 0.15) is 38.1 Å². The first kappa shape index (κ1) is 18.0. The smallest absolute Gasteiger partial charge is 0.330 e. The minimum atomic E-state index is -0.781. The molecule has 1 fully saturated rings. The standard InChI is InChI=1S/C18H20FN3O4/c1-25-18(24)15(9-12-5-2-3-6-12)22-16(23)10-13(11-21-22)26-17-14(19)7-4-8-20-17/h4,7-8,10-12,15H,2-3,5-6,9H2,1H3. The molecule has 26 heavy (non-hydrogen) atoms. The first-order valence-corrected chi connectivity index (χ1v) is 8.53. The molecule has 1 aliphatic carbocycles. The molecule has 1 unspecified atom stereocenters. The van der Waals surface area contributed by atoms with Gasteiger partial charge in [0.1, 0.15) is 0 Å². The summed E-state index contributed by atoms with van der Waals surface area (Å²) in [7, 11) is 1.29. The van der Waals surface area contributed by atoms with Crippen molar-refractivity contribution in [3.8, 4) is 11.6 Å². The summed E-state index contributed by atoms with van der Waals surface area (Å²) >= 11 is 0. The Morgan fingerprint density at radius 2 is 2.19 bits per heavy atom. The minimum absolute atomic E-state index is 0.0494. The normalized spacial score (nSPS) is 15.6. The van der Waals surface area contributed by atoms with Crippen LogP contribution >= 0.6 is 0 Å². The van der Waals surface area contributed by atoms with Gasteiger partial charge in [0, 0.05) is 12.3 Å². The second-order valence-electron chi connectivity index (χ2n) is 6.29. The molecule has 0 saturated heterocycles. The summed E-state index contributed by atoms with van der Waals surface area (Å²) in [6.45, 7) is 0. The van der Waals surface area contributed by atoms with Gasteiger partial charge in [-0.25, -0.2) is 18.9 Å². The average molecular weight is 361 g/mol. The van der Waals surface area contributed by atoms with Crippen LogP contribution in [0.15, 0.2) is 35.4 Å². The summed E-state index contributed by atoms with van der Waals surface area (Å²) in [4.78, 5) is 28.4. The molecule has 0 radical (unpaired) electrons. The fourth-order valence-electron chi connectivity index (χ4n) is 3.24. The number of aromatic nitrogens is 3. The molecule has 7 nitrogen and oxygen atoms in total. The van der Waals surface area contributed by atoms with Crippen LogP contribution in [0, 0.1) is 11.7 Å². The van der Waals surface area contributed by atoms with Crippen molar-refractivity contribution in [1.82, 2.24) is 14.8 Å². The molecular formula is C18H20FN3O4. The van der Waals surface area contributed by atoms with Crippen LogP contribution in [0.4, 0.5) is 4.39 Å². The lowest BCUT2D eigenvalue weighted by Gasteiger charge is -2.19. The number of carbonyl (C=O) groups is 1. The van der Waals surface area contributed by atoms with E-state index in [4.69, 9.17) is 9.47 Å². The third kappa shape index (κ3) is 4.07. The van der Waals surface area contributed by atoms with Gasteiger partial charge >= 0.3 is 5.97 Å². The molecule has 1 atom stereocenters. The topological polar surface area (TPSA) is 83.3 Å². The Labute approximate surface area is 149 Å². The van der Waals surface area contributed by atoms with E-state index in [1.165, 1.54) is 31.6 Å². The van der Waals surface area contributed by atoms with Crippen LogP contribution in [0.2, 0.25) is 0 Å². The highest BCUT2D eigenvalue weighted by Crippen LogP contribution is 2.32. The quantitative estimate of drug-likeness (QED) is 0.736. The van der Waals surface area contributed by atoms with Crippen molar-refractivity contribution in [3.05, 3.63) is 46.8 Å². The summed E-state index contributed by atoms with van der Waals surface area (Å²) in [6.07, 6.45) is 7.47. The van der Waals surface area contributed by atoms with Crippen molar-refractivity contribution in [2.24, 2.45) is 5.92 Å². The maximum absolute atomic E-state index is 13.6. The number of halogens is 1. The second kappa shape index (κ2) is 8.07. The Balaban J connectivity index is 1.83. The van der Waals surface area contributed by atoms with Crippen LogP contribution < -0.4 is 10.3 Å². The van der Waals surface area contributed by atoms with Gasteiger partial charge in [0.15, 0.2) is 17.6 Å². The van der Waals surface area contributed by atoms with Gasteiger partial charge in [-0.2, -0.15) is 5.10 Å². The predicted molar refractivity (Wildman–Crippen MR) is 90.4 cm³/mol. The number of esters is 1. The zero-order valence-electron chi connectivity index (χ0n) is 14.4. The molecule has 0 aromatic carbocycles. The maximum atomic E-state index is 13.6. The van der Waals surface area contributed by atoms with Gasteiger partial charge in [0.2, 0.25) is 0 Å². The van der Waals surface area contributed by atoms with Gasteiger partial charge in [0.25, 0.3) is 11.4 Å². The van der Waals surface area contributed by atoms with E-state index >= 15 is 0 Å². The largest absolute Gasteiger partial charge is 0.467 e. The van der Waals surface area contributed by atoms with Gasteiger partial charge in [-0.3, -0.25) is 4.79 Å². The highest BCUT2D eigenvalue weighted by Gasteiger charge is 2.29. The fraction of sp³-hybridized carbons (Fsp3) is 0.444. The molecule has 1 saturated carbocycles. The number of ether oxygens (including phenoxy) is 2. The summed E-state index contributed by atoms with van der Waals surface area (Å²) in [6, 6.07) is 3.01. The fourth-order valence-corrected chi connectivity index (χ4v) is 3.24. The molecule has 2 heterocycles. The molecule has 2 aromatic rings. The minimum Gasteiger partial charge on any atom is -0.467 e. The third-order valence-electron chi connectivity index (χ3n) is 4.54. The molecule has 2 aromatic heterocycles. The lowest BCUT2D eigenvalue weighted by Crippen LogP contribution is -2.33. The number of methoxy groups -OCH3 is 1. The van der Waals surface area contributed by atoms with Crippen molar-refractivity contribution in [1.29, 1.82) is 0 Å². The first-order chi connectivity index (χ1) is 12.6. The van der Waals surface area contributed by atoms with Crippen LogP contribution in [0.25, 0.3) is 0 Å². The van der Waals surface area contributed by atoms with E-state index in [9.17, 15) is 14.0 Å². The second-order valence-corrected chi connectivity index (χ2v) is 6.29. The van der Waals surface area contributed by atoms with E-state index in [0.29, 0.717) is 12.3 Å². The molecule has 0 aliphatic heterocycles. The van der Waals surface area contributed by atoms with Crippen molar-refractivity contribution < 1.29 is 18.7 Å². The lowest BCUT2D eigenvalue weighted by atomic mass is 9.98. The van der Waals surface area contributed by atoms with Crippen LogP contribution in [-0.2, 0) is 9.53 Å². The van der Waals surface area contributed by atoms with Crippen molar-refractivity contribution in [2.75, 3.05) is 7.11 Å². The van der Waals surface area contributed by atoms with Gasteiger partial charge in [-0.05, 0) is 24.5 Å². The molecule has 8 heteroatoms. The molecule has 0 bridgehead atoms. The highest BCUT2D eigenvalue weighted by molar-refractivity contribution is 5.73. The number of hydrogen-bond donors (Lipinski definition) is 0. The summed E-state index contributed by atoms with van der Waals surface area (Å²) in [5.74, 6) is -0.983. The molecule has 138 valence electrons. The number of hydrogen-bond acceptors (Lipinski definition) is 6. The van der Waals surface area contributed by atoms with Crippen LogP contribution in [-0.4, -0.2) is 27.8 Å². The number of carbonyl (C=O) groups excluding carboxylic acids is 1. The summed E-state index contributed by atoms with van der Waals surface area (Å²) in [5.41, 5.74) is -0.521. The average Bonchev–Trinajstić information content (AvgIpc) is 3.15. The predicted octanol–water partition coefficient (Wildman–Crippen LogP) is 2.86. The van der Waals surface area contributed by atoms with Gasteiger partial charge in [-0.15, -0.1) is 0 Å². The monoisotopic (exact) mass is 361 g/mol. The molecular weight excluding hydrogens is 341 g/mol. The Kier molecular flexibility index (Phi) is 5.60. The zero-order valence-corrected chi connectivity index (χ0v) is 14.4. The van der Waals surface area contributed by atoms with E-state index in [2.05, 4.69) is 10.1 Å². The first-order valence-electron chi connectivity index (χ1n) is 8.53. The maximum Gasteiger partial charge on any atom is 0.330 e. The van der Waals surface area contributed by atoms with Crippen LogP contribution in [0.5, 0.6) is 11.6 Å². The SMILES string of the molecule is COC(=O)C(CC1CCCC1)n1ncc(Oc2ncccc2F)cc1=O. The zero-order chi connectivity index (χ0) is 18.5. The van der Waals surface area contributed by atoms with Crippen molar-refractivity contribution in [2.45, 2.75) is 38.1 Å². The highest BCUT2D eigenvalue weighted by atomic mass is 19.1. The molecule has 3 rings (SSSR count). The Morgan fingerprint density at radius 1 is 1.42 bits per heavy atom. The van der Waals surface area contributed by atoms with E-state index in [-0.39, 0.29) is 11.6 Å². The molecule has 0 spiro atoms. The van der Waals surface area contributed by atoms with Crippen molar-refractivity contribution >= 4 is 5.97 Å². The van der Waals surface area contributed by atoms with Crippen LogP contribution in [0.3, 0.4) is 0 Å². The van der Waals surface area contributed by atoms with Gasteiger partial charge in [0.05, 0.1) is 13.3 Å². The third-order valence-corrected chi connectivity index (χ3v) is 4.54.